The van der Waals surface area contributed by atoms with E-state index in [1.54, 1.807) is 27.7 Å². The summed E-state index contributed by atoms with van der Waals surface area (Å²) in [7, 11) is -0.407. The summed E-state index contributed by atoms with van der Waals surface area (Å²) in [4.78, 5) is 11.2. The molecule has 1 unspecified atom stereocenters. The smallest absolute Gasteiger partial charge is 0.323 e. The van der Waals surface area contributed by atoms with Gasteiger partial charge in [0.05, 0.1) is 12.3 Å². The molecule has 15 heavy (non-hydrogen) atoms. The standard InChI is InChI=1S/C9H20NO4P/c1-7(8(11)13-5)10-15(12,14-6)9(2,3)4/h7H,1-6H3,(H,10,12)/t7-,15?/m1/s1. The molecular weight excluding hydrogens is 217 g/mol. The lowest BCUT2D eigenvalue weighted by atomic mass is 10.3. The predicted octanol–water partition coefficient (Wildman–Crippen LogP) is 1.78. The maximum Gasteiger partial charge on any atom is 0.323 e. The maximum absolute atomic E-state index is 12.3. The second-order valence-corrected chi connectivity index (χ2v) is 7.35. The minimum Gasteiger partial charge on any atom is -0.468 e. The van der Waals surface area contributed by atoms with Crippen LogP contribution >= 0.6 is 7.52 Å². The predicted molar refractivity (Wildman–Crippen MR) is 59.0 cm³/mol. The summed E-state index contributed by atoms with van der Waals surface area (Å²) in [5.74, 6) is -0.462. The van der Waals surface area contributed by atoms with Gasteiger partial charge in [-0.1, -0.05) is 0 Å². The van der Waals surface area contributed by atoms with Crippen molar-refractivity contribution in [1.29, 1.82) is 0 Å². The van der Waals surface area contributed by atoms with Crippen molar-refractivity contribution in [3.63, 3.8) is 0 Å². The van der Waals surface area contributed by atoms with Gasteiger partial charge in [0.2, 0.25) is 0 Å². The lowest BCUT2D eigenvalue weighted by molar-refractivity contribution is -0.142. The number of hydrogen-bond donors (Lipinski definition) is 1. The summed E-state index contributed by atoms with van der Waals surface area (Å²) in [5, 5.41) is 2.13. The number of hydrogen-bond acceptors (Lipinski definition) is 4. The van der Waals surface area contributed by atoms with E-state index in [1.807, 2.05) is 0 Å². The molecule has 0 saturated carbocycles. The number of esters is 1. The van der Waals surface area contributed by atoms with E-state index in [9.17, 15) is 9.36 Å². The van der Waals surface area contributed by atoms with Gasteiger partial charge in [0.1, 0.15) is 6.04 Å². The molecule has 0 aliphatic carbocycles. The summed E-state index contributed by atoms with van der Waals surface area (Å²) < 4.78 is 21.8. The molecule has 0 aliphatic heterocycles. The highest BCUT2D eigenvalue weighted by Gasteiger charge is 2.39. The molecule has 0 rings (SSSR count). The lowest BCUT2D eigenvalue weighted by Crippen LogP contribution is -2.37. The Morgan fingerprint density at radius 2 is 1.80 bits per heavy atom. The molecule has 0 fully saturated rings. The summed E-state index contributed by atoms with van der Waals surface area (Å²) in [6.45, 7) is 6.94. The van der Waals surface area contributed by atoms with Crippen LogP contribution in [0.15, 0.2) is 0 Å². The van der Waals surface area contributed by atoms with Crippen molar-refractivity contribution >= 4 is 13.5 Å². The van der Waals surface area contributed by atoms with Crippen molar-refractivity contribution < 1.29 is 18.6 Å². The topological polar surface area (TPSA) is 64.6 Å². The Labute approximate surface area is 91.0 Å². The van der Waals surface area contributed by atoms with Crippen LogP contribution in [0.5, 0.6) is 0 Å². The van der Waals surface area contributed by atoms with Crippen LogP contribution in [-0.2, 0) is 18.6 Å². The van der Waals surface area contributed by atoms with Gasteiger partial charge in [-0.2, -0.15) is 0 Å². The van der Waals surface area contributed by atoms with Crippen LogP contribution < -0.4 is 5.09 Å². The van der Waals surface area contributed by atoms with Gasteiger partial charge in [0.25, 0.3) is 7.52 Å². The van der Waals surface area contributed by atoms with Gasteiger partial charge in [-0.05, 0) is 27.7 Å². The number of carbonyl (C=O) groups is 1. The van der Waals surface area contributed by atoms with Crippen molar-refractivity contribution in [2.24, 2.45) is 0 Å². The zero-order valence-corrected chi connectivity index (χ0v) is 11.1. The third-order valence-electron chi connectivity index (χ3n) is 2.06. The SMILES string of the molecule is COC(=O)[C@@H](C)NP(=O)(OC)C(C)(C)C. The highest BCUT2D eigenvalue weighted by Crippen LogP contribution is 2.54. The summed E-state index contributed by atoms with van der Waals surface area (Å²) >= 11 is 0. The molecule has 1 N–H and O–H groups in total. The van der Waals surface area contributed by atoms with E-state index in [1.165, 1.54) is 14.2 Å². The Kier molecular flexibility index (Phi) is 4.97. The van der Waals surface area contributed by atoms with Crippen LogP contribution in [0.3, 0.4) is 0 Å². The fourth-order valence-electron chi connectivity index (χ4n) is 1.00. The normalized spacial score (nSPS) is 18.0. The summed E-state index contributed by atoms with van der Waals surface area (Å²) in [6, 6.07) is -0.653. The molecule has 5 nitrogen and oxygen atoms in total. The van der Waals surface area contributed by atoms with Crippen molar-refractivity contribution in [3.8, 4) is 0 Å². The molecule has 0 aliphatic rings. The lowest BCUT2D eigenvalue weighted by Gasteiger charge is -2.31. The van der Waals surface area contributed by atoms with Gasteiger partial charge in [-0.25, -0.2) is 5.09 Å². The molecule has 90 valence electrons. The van der Waals surface area contributed by atoms with Crippen LogP contribution in [0.1, 0.15) is 27.7 Å². The zero-order chi connectivity index (χ0) is 12.3. The first-order valence-electron chi connectivity index (χ1n) is 4.69. The first kappa shape index (κ1) is 14.6. The Morgan fingerprint density at radius 3 is 2.07 bits per heavy atom. The fourth-order valence-corrected chi connectivity index (χ4v) is 2.66. The van der Waals surface area contributed by atoms with E-state index < -0.39 is 24.7 Å². The van der Waals surface area contributed by atoms with Crippen molar-refractivity contribution in [2.45, 2.75) is 38.9 Å². The van der Waals surface area contributed by atoms with E-state index in [4.69, 9.17) is 4.52 Å². The number of nitrogens with one attached hydrogen (secondary N) is 1. The van der Waals surface area contributed by atoms with Crippen LogP contribution in [0.2, 0.25) is 0 Å². The molecule has 0 radical (unpaired) electrons. The monoisotopic (exact) mass is 237 g/mol. The van der Waals surface area contributed by atoms with Crippen LogP contribution in [0.4, 0.5) is 0 Å². The van der Waals surface area contributed by atoms with E-state index in [2.05, 4.69) is 9.82 Å². The molecule has 0 aromatic heterocycles. The fraction of sp³-hybridized carbons (Fsp3) is 0.889. The van der Waals surface area contributed by atoms with Crippen molar-refractivity contribution in [2.75, 3.05) is 14.2 Å². The van der Waals surface area contributed by atoms with Crippen LogP contribution in [0.25, 0.3) is 0 Å². The average Bonchev–Trinajstić information content (AvgIpc) is 2.14. The first-order valence-corrected chi connectivity index (χ1v) is 6.32. The summed E-state index contributed by atoms with van der Waals surface area (Å²) in [6.07, 6.45) is 0. The van der Waals surface area contributed by atoms with Gasteiger partial charge in [0.15, 0.2) is 0 Å². The molecule has 0 aromatic carbocycles. The quantitative estimate of drug-likeness (QED) is 0.596. The van der Waals surface area contributed by atoms with Gasteiger partial charge in [-0.3, -0.25) is 9.36 Å². The third-order valence-corrected chi connectivity index (χ3v) is 5.07. The third kappa shape index (κ3) is 3.59. The summed E-state index contributed by atoms with van der Waals surface area (Å²) in [5.41, 5.74) is 0. The largest absolute Gasteiger partial charge is 0.468 e. The van der Waals surface area contributed by atoms with Gasteiger partial charge >= 0.3 is 5.97 Å². The number of ether oxygens (including phenoxy) is 1. The molecule has 6 heteroatoms. The van der Waals surface area contributed by atoms with Gasteiger partial charge in [0, 0.05) is 7.11 Å². The zero-order valence-electron chi connectivity index (χ0n) is 10.2. The highest BCUT2D eigenvalue weighted by molar-refractivity contribution is 7.58. The van der Waals surface area contributed by atoms with Gasteiger partial charge in [-0.15, -0.1) is 0 Å². The van der Waals surface area contributed by atoms with E-state index >= 15 is 0 Å². The Bertz CT molecular complexity index is 272. The molecule has 0 bridgehead atoms. The molecule has 0 saturated heterocycles. The van der Waals surface area contributed by atoms with Crippen molar-refractivity contribution in [3.05, 3.63) is 0 Å². The second-order valence-electron chi connectivity index (χ2n) is 4.28. The number of methoxy groups -OCH3 is 1. The maximum atomic E-state index is 12.3. The average molecular weight is 237 g/mol. The van der Waals surface area contributed by atoms with Gasteiger partial charge < -0.3 is 9.26 Å². The highest BCUT2D eigenvalue weighted by atomic mass is 31.2. The molecule has 0 aromatic rings. The molecule has 0 spiro atoms. The Balaban J connectivity index is 4.74. The molecule has 0 amide bonds. The Hall–Kier alpha value is -0.380. The van der Waals surface area contributed by atoms with Crippen molar-refractivity contribution in [1.82, 2.24) is 5.09 Å². The molecular formula is C9H20NO4P. The van der Waals surface area contributed by atoms with E-state index in [0.717, 1.165) is 0 Å². The molecule has 2 atom stereocenters. The minimum absolute atomic E-state index is 0.462. The van der Waals surface area contributed by atoms with E-state index in [-0.39, 0.29) is 0 Å². The minimum atomic E-state index is -3.06. The van der Waals surface area contributed by atoms with Crippen LogP contribution in [0, 0.1) is 0 Å². The number of carbonyl (C=O) groups excluding carboxylic acids is 1. The second kappa shape index (κ2) is 5.10. The van der Waals surface area contributed by atoms with E-state index in [0.29, 0.717) is 0 Å². The Morgan fingerprint density at radius 1 is 1.33 bits per heavy atom. The first-order chi connectivity index (χ1) is 6.68. The number of rotatable bonds is 4. The molecule has 0 heterocycles. The van der Waals surface area contributed by atoms with Crippen LogP contribution in [-0.4, -0.2) is 31.4 Å².